The van der Waals surface area contributed by atoms with E-state index >= 15 is 0 Å². The van der Waals surface area contributed by atoms with Gasteiger partial charge in [0.2, 0.25) is 5.91 Å². The zero-order valence-corrected chi connectivity index (χ0v) is 12.3. The van der Waals surface area contributed by atoms with Crippen molar-refractivity contribution >= 4 is 23.2 Å². The first-order valence-electron chi connectivity index (χ1n) is 6.59. The van der Waals surface area contributed by atoms with Gasteiger partial charge in [-0.1, -0.05) is 41.9 Å². The molecule has 21 heavy (non-hydrogen) atoms. The van der Waals surface area contributed by atoms with Crippen LogP contribution in [0.1, 0.15) is 18.5 Å². The third kappa shape index (κ3) is 4.55. The Hall–Kier alpha value is -1.91. The third-order valence-electron chi connectivity index (χ3n) is 3.07. The first-order valence-corrected chi connectivity index (χ1v) is 6.97. The standard InChI is InChI=1S/C16H16ClFN2O/c1-11(12-5-3-2-4-6-12)19-10-16(21)20-15-8-7-13(18)9-14(15)17/h2-9,11,19H,10H2,1H3,(H,20,21)/t11-/m1/s1. The molecular weight excluding hydrogens is 291 g/mol. The second-order valence-electron chi connectivity index (χ2n) is 4.69. The quantitative estimate of drug-likeness (QED) is 0.883. The number of anilines is 1. The van der Waals surface area contributed by atoms with Gasteiger partial charge in [-0.15, -0.1) is 0 Å². The number of hydrogen-bond acceptors (Lipinski definition) is 2. The van der Waals surface area contributed by atoms with Gasteiger partial charge in [0.05, 0.1) is 17.3 Å². The van der Waals surface area contributed by atoms with E-state index in [1.54, 1.807) is 0 Å². The van der Waals surface area contributed by atoms with E-state index in [4.69, 9.17) is 11.6 Å². The van der Waals surface area contributed by atoms with Crippen molar-refractivity contribution in [1.82, 2.24) is 5.32 Å². The molecule has 0 aliphatic rings. The van der Waals surface area contributed by atoms with Crippen LogP contribution in [0, 0.1) is 5.82 Å². The van der Waals surface area contributed by atoms with Gasteiger partial charge in [0.25, 0.3) is 0 Å². The number of hydrogen-bond donors (Lipinski definition) is 2. The van der Waals surface area contributed by atoms with E-state index < -0.39 is 5.82 Å². The predicted octanol–water partition coefficient (Wildman–Crippen LogP) is 3.77. The first kappa shape index (κ1) is 15.5. The summed E-state index contributed by atoms with van der Waals surface area (Å²) in [5, 5.41) is 5.94. The highest BCUT2D eigenvalue weighted by molar-refractivity contribution is 6.33. The lowest BCUT2D eigenvalue weighted by Gasteiger charge is -2.14. The van der Waals surface area contributed by atoms with E-state index in [0.29, 0.717) is 5.69 Å². The van der Waals surface area contributed by atoms with Gasteiger partial charge < -0.3 is 10.6 Å². The lowest BCUT2D eigenvalue weighted by Crippen LogP contribution is -2.30. The number of nitrogens with one attached hydrogen (secondary N) is 2. The molecule has 3 nitrogen and oxygen atoms in total. The molecule has 5 heteroatoms. The fraction of sp³-hybridized carbons (Fsp3) is 0.188. The number of benzene rings is 2. The Kier molecular flexibility index (Phi) is 5.31. The van der Waals surface area contributed by atoms with Crippen molar-refractivity contribution < 1.29 is 9.18 Å². The van der Waals surface area contributed by atoms with Gasteiger partial charge in [-0.2, -0.15) is 0 Å². The summed E-state index contributed by atoms with van der Waals surface area (Å²) < 4.78 is 12.9. The van der Waals surface area contributed by atoms with Gasteiger partial charge in [-0.25, -0.2) is 4.39 Å². The summed E-state index contributed by atoms with van der Waals surface area (Å²) in [6.07, 6.45) is 0. The Labute approximate surface area is 128 Å². The largest absolute Gasteiger partial charge is 0.324 e. The maximum Gasteiger partial charge on any atom is 0.238 e. The van der Waals surface area contributed by atoms with E-state index in [1.807, 2.05) is 37.3 Å². The number of carbonyl (C=O) groups excluding carboxylic acids is 1. The number of halogens is 2. The zero-order valence-electron chi connectivity index (χ0n) is 11.6. The van der Waals surface area contributed by atoms with Crippen LogP contribution in [0.25, 0.3) is 0 Å². The minimum absolute atomic E-state index is 0.0561. The van der Waals surface area contributed by atoms with E-state index in [9.17, 15) is 9.18 Å². The molecule has 2 N–H and O–H groups in total. The Morgan fingerprint density at radius 3 is 2.62 bits per heavy atom. The maximum atomic E-state index is 12.9. The van der Waals surface area contributed by atoms with Crippen LogP contribution >= 0.6 is 11.6 Å². The molecular formula is C16H16ClFN2O. The van der Waals surface area contributed by atoms with Crippen LogP contribution in [0.2, 0.25) is 5.02 Å². The molecule has 0 saturated heterocycles. The molecule has 0 heterocycles. The molecule has 0 radical (unpaired) electrons. The summed E-state index contributed by atoms with van der Waals surface area (Å²) >= 11 is 5.86. The molecule has 0 unspecified atom stereocenters. The van der Waals surface area contributed by atoms with Crippen molar-refractivity contribution in [2.75, 3.05) is 11.9 Å². The molecule has 0 aliphatic carbocycles. The van der Waals surface area contributed by atoms with Gasteiger partial charge in [0, 0.05) is 6.04 Å². The zero-order chi connectivity index (χ0) is 15.2. The summed E-state index contributed by atoms with van der Waals surface area (Å²) in [4.78, 5) is 11.9. The van der Waals surface area contributed by atoms with Crippen LogP contribution in [0.4, 0.5) is 10.1 Å². The molecule has 2 aromatic carbocycles. The Balaban J connectivity index is 1.87. The van der Waals surface area contributed by atoms with Crippen molar-refractivity contribution in [3.63, 3.8) is 0 Å². The van der Waals surface area contributed by atoms with E-state index in [1.165, 1.54) is 12.1 Å². The van der Waals surface area contributed by atoms with E-state index in [0.717, 1.165) is 11.6 Å². The summed E-state index contributed by atoms with van der Waals surface area (Å²) in [6, 6.07) is 13.7. The molecule has 0 aliphatic heterocycles. The smallest absolute Gasteiger partial charge is 0.238 e. The van der Waals surface area contributed by atoms with Crippen LogP contribution < -0.4 is 10.6 Å². The van der Waals surface area contributed by atoms with E-state index in [2.05, 4.69) is 10.6 Å². The highest BCUT2D eigenvalue weighted by atomic mass is 35.5. The van der Waals surface area contributed by atoms with Crippen LogP contribution in [0.15, 0.2) is 48.5 Å². The van der Waals surface area contributed by atoms with Crippen molar-refractivity contribution in [1.29, 1.82) is 0 Å². The summed E-state index contributed by atoms with van der Waals surface area (Å²) in [5.74, 6) is -0.667. The molecule has 0 bridgehead atoms. The summed E-state index contributed by atoms with van der Waals surface area (Å²) in [6.45, 7) is 2.12. The minimum atomic E-state index is -0.436. The summed E-state index contributed by atoms with van der Waals surface area (Å²) in [7, 11) is 0. The van der Waals surface area contributed by atoms with Gasteiger partial charge in [0.15, 0.2) is 0 Å². The summed E-state index contributed by atoms with van der Waals surface area (Å²) in [5.41, 5.74) is 1.50. The third-order valence-corrected chi connectivity index (χ3v) is 3.39. The van der Waals surface area contributed by atoms with Crippen molar-refractivity contribution in [2.45, 2.75) is 13.0 Å². The molecule has 2 aromatic rings. The second-order valence-corrected chi connectivity index (χ2v) is 5.09. The second kappa shape index (κ2) is 7.20. The Morgan fingerprint density at radius 1 is 1.24 bits per heavy atom. The topological polar surface area (TPSA) is 41.1 Å². The molecule has 1 atom stereocenters. The van der Waals surface area contributed by atoms with Crippen molar-refractivity contribution in [3.8, 4) is 0 Å². The maximum absolute atomic E-state index is 12.9. The molecule has 2 rings (SSSR count). The minimum Gasteiger partial charge on any atom is -0.324 e. The van der Waals surface area contributed by atoms with Gasteiger partial charge in [-0.05, 0) is 30.7 Å². The van der Waals surface area contributed by atoms with Crippen LogP contribution in [0.5, 0.6) is 0 Å². The van der Waals surface area contributed by atoms with Gasteiger partial charge in [-0.3, -0.25) is 4.79 Å². The highest BCUT2D eigenvalue weighted by Gasteiger charge is 2.09. The predicted molar refractivity (Wildman–Crippen MR) is 82.9 cm³/mol. The van der Waals surface area contributed by atoms with Crippen molar-refractivity contribution in [3.05, 3.63) is 64.9 Å². The monoisotopic (exact) mass is 306 g/mol. The number of rotatable bonds is 5. The van der Waals surface area contributed by atoms with Gasteiger partial charge in [0.1, 0.15) is 5.82 Å². The fourth-order valence-corrected chi connectivity index (χ4v) is 2.11. The SMILES string of the molecule is C[C@@H](NCC(=O)Nc1ccc(F)cc1Cl)c1ccccc1. The fourth-order valence-electron chi connectivity index (χ4n) is 1.89. The lowest BCUT2D eigenvalue weighted by molar-refractivity contribution is -0.115. The van der Waals surface area contributed by atoms with Crippen LogP contribution in [-0.4, -0.2) is 12.5 Å². The molecule has 0 fully saturated rings. The normalized spacial score (nSPS) is 12.0. The van der Waals surface area contributed by atoms with Crippen LogP contribution in [0.3, 0.4) is 0 Å². The highest BCUT2D eigenvalue weighted by Crippen LogP contribution is 2.22. The number of carbonyl (C=O) groups is 1. The Morgan fingerprint density at radius 2 is 1.95 bits per heavy atom. The molecule has 0 saturated carbocycles. The molecule has 0 spiro atoms. The Bertz CT molecular complexity index is 619. The molecule has 110 valence electrons. The molecule has 1 amide bonds. The van der Waals surface area contributed by atoms with Crippen molar-refractivity contribution in [2.24, 2.45) is 0 Å². The number of amides is 1. The van der Waals surface area contributed by atoms with Gasteiger partial charge >= 0.3 is 0 Å². The average Bonchev–Trinajstić information content (AvgIpc) is 2.48. The van der Waals surface area contributed by atoms with Crippen LogP contribution in [-0.2, 0) is 4.79 Å². The van der Waals surface area contributed by atoms with E-state index in [-0.39, 0.29) is 23.5 Å². The first-order chi connectivity index (χ1) is 10.1. The molecule has 0 aromatic heterocycles. The average molecular weight is 307 g/mol. The lowest BCUT2D eigenvalue weighted by atomic mass is 10.1.